The molecule has 0 aliphatic heterocycles. The number of methoxy groups -OCH3 is 1. The third-order valence-corrected chi connectivity index (χ3v) is 6.54. The summed E-state index contributed by atoms with van der Waals surface area (Å²) >= 11 is 0. The van der Waals surface area contributed by atoms with E-state index in [2.05, 4.69) is 10.0 Å². The van der Waals surface area contributed by atoms with Crippen LogP contribution in [0.4, 0.5) is 5.69 Å². The Balaban J connectivity index is 1.45. The number of hydrogen-bond acceptors (Lipinski definition) is 8. The van der Waals surface area contributed by atoms with Crippen molar-refractivity contribution in [2.75, 3.05) is 25.0 Å². The number of aliphatic hydroxyl groups excluding tert-OH is 2. The predicted molar refractivity (Wildman–Crippen MR) is 132 cm³/mol. The topological polar surface area (TPSA) is 137 Å². The van der Waals surface area contributed by atoms with Crippen LogP contribution in [0, 0.1) is 0 Å². The van der Waals surface area contributed by atoms with Crippen LogP contribution in [0.25, 0.3) is 0 Å². The predicted octanol–water partition coefficient (Wildman–Crippen LogP) is 2.48. The van der Waals surface area contributed by atoms with Crippen molar-refractivity contribution in [1.29, 1.82) is 0 Å². The van der Waals surface area contributed by atoms with Crippen molar-refractivity contribution in [3.63, 3.8) is 0 Å². The second-order valence-corrected chi connectivity index (χ2v) is 9.56. The van der Waals surface area contributed by atoms with Crippen LogP contribution in [-0.2, 0) is 16.4 Å². The lowest BCUT2D eigenvalue weighted by Gasteiger charge is -2.17. The second kappa shape index (κ2) is 12.4. The fourth-order valence-electron chi connectivity index (χ4n) is 3.21. The summed E-state index contributed by atoms with van der Waals surface area (Å²) in [6, 6.07) is 19.4. The zero-order valence-electron chi connectivity index (χ0n) is 19.3. The molecule has 0 amide bonds. The minimum atomic E-state index is -3.89. The van der Waals surface area contributed by atoms with Gasteiger partial charge in [-0.3, -0.25) is 10.0 Å². The molecular weight excluding hydrogens is 472 g/mol. The molecule has 35 heavy (non-hydrogen) atoms. The lowest BCUT2D eigenvalue weighted by molar-refractivity contribution is 0.0712. The van der Waals surface area contributed by atoms with Crippen molar-refractivity contribution in [2.45, 2.75) is 30.1 Å². The molecule has 10 heteroatoms. The highest BCUT2D eigenvalue weighted by atomic mass is 32.2. The maximum atomic E-state index is 12.5. The minimum absolute atomic E-state index is 0.0482. The molecule has 1 unspecified atom stereocenters. The third kappa shape index (κ3) is 8.15. The van der Waals surface area contributed by atoms with Gasteiger partial charge in [-0.05, 0) is 54.8 Å². The zero-order chi connectivity index (χ0) is 25.3. The first kappa shape index (κ1) is 26.3. The Labute approximate surface area is 205 Å². The smallest absolute Gasteiger partial charge is 0.262 e. The van der Waals surface area contributed by atoms with Gasteiger partial charge in [-0.2, -0.15) is 0 Å². The Morgan fingerprint density at radius 3 is 2.31 bits per heavy atom. The van der Waals surface area contributed by atoms with E-state index in [0.29, 0.717) is 12.8 Å². The van der Waals surface area contributed by atoms with Gasteiger partial charge in [-0.25, -0.2) is 8.42 Å². The van der Waals surface area contributed by atoms with Gasteiger partial charge in [0.2, 0.25) is 0 Å². The summed E-state index contributed by atoms with van der Waals surface area (Å²) < 4.78 is 38.0. The lowest BCUT2D eigenvalue weighted by atomic mass is 10.1. The molecule has 188 valence electrons. The number of rotatable bonds is 13. The lowest BCUT2D eigenvalue weighted by Crippen LogP contribution is -2.38. The number of aryl methyl sites for hydroxylation is 1. The Kier molecular flexibility index (Phi) is 9.32. The van der Waals surface area contributed by atoms with E-state index in [1.807, 2.05) is 24.3 Å². The number of ether oxygens (including phenoxy) is 2. The van der Waals surface area contributed by atoms with E-state index in [-0.39, 0.29) is 35.2 Å². The van der Waals surface area contributed by atoms with Gasteiger partial charge in [0.15, 0.2) is 0 Å². The van der Waals surface area contributed by atoms with E-state index in [0.717, 1.165) is 11.3 Å². The summed E-state index contributed by atoms with van der Waals surface area (Å²) in [5, 5.41) is 33.2. The molecule has 0 saturated carbocycles. The van der Waals surface area contributed by atoms with Gasteiger partial charge in [0.05, 0.1) is 17.7 Å². The van der Waals surface area contributed by atoms with Crippen LogP contribution in [-0.4, -0.2) is 56.3 Å². The third-order valence-electron chi connectivity index (χ3n) is 5.16. The summed E-state index contributed by atoms with van der Waals surface area (Å²) in [6.07, 6.45) is -0.619. The molecule has 0 bridgehead atoms. The number of aliphatic hydroxyl groups is 2. The van der Waals surface area contributed by atoms with Crippen molar-refractivity contribution < 1.29 is 33.2 Å². The molecule has 3 aromatic carbocycles. The fraction of sp³-hybridized carbons (Fsp3) is 0.280. The summed E-state index contributed by atoms with van der Waals surface area (Å²) in [4.78, 5) is 0.0535. The average Bonchev–Trinajstić information content (AvgIpc) is 2.87. The number of phenols is 1. The Morgan fingerprint density at radius 1 is 0.943 bits per heavy atom. The highest BCUT2D eigenvalue weighted by molar-refractivity contribution is 7.92. The van der Waals surface area contributed by atoms with Crippen LogP contribution in [0.1, 0.15) is 12.0 Å². The van der Waals surface area contributed by atoms with Crippen LogP contribution >= 0.6 is 0 Å². The Bertz CT molecular complexity index is 1170. The quantitative estimate of drug-likeness (QED) is 0.178. The zero-order valence-corrected chi connectivity index (χ0v) is 20.1. The summed E-state index contributed by atoms with van der Waals surface area (Å²) in [6.45, 7) is -0.0107. The van der Waals surface area contributed by atoms with E-state index in [1.54, 1.807) is 25.3 Å². The van der Waals surface area contributed by atoms with E-state index < -0.39 is 22.4 Å². The summed E-state index contributed by atoms with van der Waals surface area (Å²) in [7, 11) is -2.29. The molecule has 0 aliphatic carbocycles. The molecular formula is C25H30N2O7S. The van der Waals surface area contributed by atoms with Crippen molar-refractivity contribution in [3.05, 3.63) is 78.4 Å². The highest BCUT2D eigenvalue weighted by Crippen LogP contribution is 2.30. The van der Waals surface area contributed by atoms with Crippen LogP contribution < -0.4 is 19.5 Å². The van der Waals surface area contributed by atoms with Crippen LogP contribution in [0.2, 0.25) is 0 Å². The van der Waals surface area contributed by atoms with Crippen LogP contribution in [0.15, 0.2) is 77.7 Å². The van der Waals surface area contributed by atoms with Crippen molar-refractivity contribution in [1.82, 2.24) is 5.32 Å². The molecule has 3 aromatic rings. The minimum Gasteiger partial charge on any atom is -0.506 e. The van der Waals surface area contributed by atoms with Gasteiger partial charge >= 0.3 is 0 Å². The van der Waals surface area contributed by atoms with Crippen molar-refractivity contribution >= 4 is 15.7 Å². The molecule has 5 N–H and O–H groups in total. The van der Waals surface area contributed by atoms with E-state index in [1.165, 1.54) is 30.3 Å². The van der Waals surface area contributed by atoms with Crippen LogP contribution in [0.5, 0.6) is 17.2 Å². The molecule has 0 saturated heterocycles. The van der Waals surface area contributed by atoms with Gasteiger partial charge in [-0.1, -0.05) is 30.3 Å². The SMILES string of the molecule is COc1ccc(CC[C@H](O)NCC(O)COc2ccc(O)c(NS(=O)(=O)c3ccccc3)c2)cc1. The van der Waals surface area contributed by atoms with Gasteiger partial charge in [0.25, 0.3) is 10.0 Å². The van der Waals surface area contributed by atoms with Gasteiger partial charge < -0.3 is 24.8 Å². The molecule has 0 spiro atoms. The first-order chi connectivity index (χ1) is 16.8. The maximum Gasteiger partial charge on any atom is 0.262 e. The molecule has 0 aromatic heterocycles. The largest absolute Gasteiger partial charge is 0.506 e. The Hall–Kier alpha value is -3.31. The number of sulfonamides is 1. The number of benzene rings is 3. The normalized spacial score (nSPS) is 13.1. The van der Waals surface area contributed by atoms with E-state index >= 15 is 0 Å². The second-order valence-electron chi connectivity index (χ2n) is 7.87. The maximum absolute atomic E-state index is 12.5. The van der Waals surface area contributed by atoms with Crippen LogP contribution in [0.3, 0.4) is 0 Å². The number of phenolic OH excluding ortho intramolecular Hbond substituents is 1. The first-order valence-corrected chi connectivity index (χ1v) is 12.5. The molecule has 2 atom stereocenters. The average molecular weight is 503 g/mol. The molecule has 0 radical (unpaired) electrons. The van der Waals surface area contributed by atoms with Crippen molar-refractivity contribution in [3.8, 4) is 17.2 Å². The van der Waals surface area contributed by atoms with Gasteiger partial charge in [-0.15, -0.1) is 0 Å². The number of anilines is 1. The van der Waals surface area contributed by atoms with Gasteiger partial charge in [0, 0.05) is 12.6 Å². The Morgan fingerprint density at radius 2 is 1.63 bits per heavy atom. The van der Waals surface area contributed by atoms with E-state index in [9.17, 15) is 23.7 Å². The van der Waals surface area contributed by atoms with Gasteiger partial charge in [0.1, 0.15) is 36.2 Å². The highest BCUT2D eigenvalue weighted by Gasteiger charge is 2.17. The summed E-state index contributed by atoms with van der Waals surface area (Å²) in [5.41, 5.74) is 1.01. The van der Waals surface area contributed by atoms with Crippen molar-refractivity contribution in [2.24, 2.45) is 0 Å². The molecule has 3 rings (SSSR count). The summed E-state index contributed by atoms with van der Waals surface area (Å²) in [5.74, 6) is 0.761. The molecule has 0 fully saturated rings. The molecule has 0 heterocycles. The monoisotopic (exact) mass is 502 g/mol. The number of nitrogens with one attached hydrogen (secondary N) is 2. The molecule has 9 nitrogen and oxygen atoms in total. The number of aromatic hydroxyl groups is 1. The standard InChI is InChI=1S/C25H30N2O7S/c1-33-20-10-7-18(8-11-20)9-14-25(30)26-16-19(28)17-34-21-12-13-24(29)23(15-21)27-35(31,32)22-5-3-2-4-6-22/h2-8,10-13,15,19,25-30H,9,14,16-17H2,1H3/t19?,25-/m0/s1. The first-order valence-electron chi connectivity index (χ1n) is 11.0. The number of hydrogen-bond donors (Lipinski definition) is 5. The fourth-order valence-corrected chi connectivity index (χ4v) is 4.30. The van der Waals surface area contributed by atoms with E-state index in [4.69, 9.17) is 9.47 Å². The molecule has 0 aliphatic rings.